The van der Waals surface area contributed by atoms with Crippen LogP contribution >= 0.6 is 0 Å². The fraction of sp³-hybridized carbons (Fsp3) is 0.526. The zero-order valence-electron chi connectivity index (χ0n) is 13.9. The highest BCUT2D eigenvalue weighted by atomic mass is 16.4. The summed E-state index contributed by atoms with van der Waals surface area (Å²) in [5.41, 5.74) is 2.52. The van der Waals surface area contributed by atoms with Crippen molar-refractivity contribution in [3.05, 3.63) is 45.8 Å². The Kier molecular flexibility index (Phi) is 4.83. The van der Waals surface area contributed by atoms with Crippen molar-refractivity contribution >= 4 is 11.0 Å². The van der Waals surface area contributed by atoms with E-state index in [1.165, 1.54) is 0 Å². The maximum atomic E-state index is 11.9. The molecule has 1 saturated heterocycles. The largest absolute Gasteiger partial charge is 0.423 e. The zero-order valence-corrected chi connectivity index (χ0v) is 13.9. The molecule has 1 aromatic heterocycles. The molecule has 0 spiro atoms. The van der Waals surface area contributed by atoms with E-state index in [2.05, 4.69) is 30.9 Å². The number of hydrogen-bond donors (Lipinski definition) is 1. The molecule has 2 heterocycles. The van der Waals surface area contributed by atoms with Gasteiger partial charge in [0.25, 0.3) is 0 Å². The third-order valence-electron chi connectivity index (χ3n) is 5.06. The molecule has 3 rings (SSSR count). The first-order chi connectivity index (χ1) is 11.1. The van der Waals surface area contributed by atoms with Crippen LogP contribution in [0.3, 0.4) is 0 Å². The van der Waals surface area contributed by atoms with Crippen LogP contribution in [0.15, 0.2) is 33.5 Å². The summed E-state index contributed by atoms with van der Waals surface area (Å²) in [5, 5.41) is 10.7. The number of benzene rings is 1. The van der Waals surface area contributed by atoms with E-state index in [-0.39, 0.29) is 18.3 Å². The summed E-state index contributed by atoms with van der Waals surface area (Å²) < 4.78 is 5.39. The fourth-order valence-corrected chi connectivity index (χ4v) is 3.64. The number of aliphatic hydroxyl groups is 1. The van der Waals surface area contributed by atoms with Gasteiger partial charge in [0.2, 0.25) is 0 Å². The van der Waals surface area contributed by atoms with Gasteiger partial charge in [0, 0.05) is 30.1 Å². The van der Waals surface area contributed by atoms with Crippen LogP contribution in [0, 0.1) is 0 Å². The lowest BCUT2D eigenvalue weighted by Crippen LogP contribution is -2.46. The van der Waals surface area contributed by atoms with Crippen LogP contribution in [0.2, 0.25) is 0 Å². The average Bonchev–Trinajstić information content (AvgIpc) is 2.55. The van der Waals surface area contributed by atoms with Gasteiger partial charge in [-0.15, -0.1) is 0 Å². The van der Waals surface area contributed by atoms with Gasteiger partial charge in [-0.3, -0.25) is 4.90 Å². The molecule has 0 bridgehead atoms. The lowest BCUT2D eigenvalue weighted by molar-refractivity contribution is 0.0454. The summed E-state index contributed by atoms with van der Waals surface area (Å²) in [6, 6.07) is 8.30. The number of hydrogen-bond acceptors (Lipinski definition) is 4. The predicted octanol–water partition coefficient (Wildman–Crippen LogP) is 3.09. The fourth-order valence-electron chi connectivity index (χ4n) is 3.64. The van der Waals surface area contributed by atoms with Crippen molar-refractivity contribution in [2.45, 2.75) is 58.2 Å². The summed E-state index contributed by atoms with van der Waals surface area (Å²) in [4.78, 5) is 14.3. The molecule has 4 nitrogen and oxygen atoms in total. The van der Waals surface area contributed by atoms with E-state index in [9.17, 15) is 9.90 Å². The Labute approximate surface area is 136 Å². The highest BCUT2D eigenvalue weighted by Gasteiger charge is 2.27. The molecule has 2 aromatic rings. The van der Waals surface area contributed by atoms with Gasteiger partial charge < -0.3 is 9.52 Å². The standard InChI is InChI=1S/C19H25NO3/c1-3-14-7-8-17-15(10-19(22)23-18(17)9-14)11-20-13(2)5-4-6-16(20)12-21/h7-10,13,16,21H,3-6,11-12H2,1-2H3. The lowest BCUT2D eigenvalue weighted by Gasteiger charge is -2.40. The first-order valence-corrected chi connectivity index (χ1v) is 8.54. The number of aryl methyl sites for hydroxylation is 1. The molecule has 1 aliphatic heterocycles. The number of nitrogens with zero attached hydrogens (tertiary/aromatic N) is 1. The smallest absolute Gasteiger partial charge is 0.336 e. The third kappa shape index (κ3) is 3.33. The van der Waals surface area contributed by atoms with Crippen molar-refractivity contribution in [1.29, 1.82) is 0 Å². The SMILES string of the molecule is CCc1ccc2c(CN3C(C)CCCC3CO)cc(=O)oc2c1. The van der Waals surface area contributed by atoms with E-state index in [4.69, 9.17) is 4.42 Å². The van der Waals surface area contributed by atoms with E-state index >= 15 is 0 Å². The van der Waals surface area contributed by atoms with Gasteiger partial charge in [0.15, 0.2) is 0 Å². The van der Waals surface area contributed by atoms with Crippen LogP contribution in [0.1, 0.15) is 44.2 Å². The van der Waals surface area contributed by atoms with E-state index < -0.39 is 0 Å². The molecule has 2 atom stereocenters. The number of piperidine rings is 1. The molecule has 0 amide bonds. The molecule has 124 valence electrons. The van der Waals surface area contributed by atoms with Gasteiger partial charge in [-0.05, 0) is 43.4 Å². The van der Waals surface area contributed by atoms with Crippen LogP contribution in [0.5, 0.6) is 0 Å². The van der Waals surface area contributed by atoms with Gasteiger partial charge in [0.05, 0.1) is 6.61 Å². The number of fused-ring (bicyclic) bond motifs is 1. The van der Waals surface area contributed by atoms with E-state index in [0.29, 0.717) is 18.2 Å². The maximum absolute atomic E-state index is 11.9. The van der Waals surface area contributed by atoms with Crippen molar-refractivity contribution < 1.29 is 9.52 Å². The summed E-state index contributed by atoms with van der Waals surface area (Å²) in [6.07, 6.45) is 4.22. The molecule has 0 saturated carbocycles. The first kappa shape index (κ1) is 16.2. The molecule has 2 unspecified atom stereocenters. The van der Waals surface area contributed by atoms with E-state index in [1.807, 2.05) is 6.07 Å². The minimum absolute atomic E-state index is 0.170. The Bertz CT molecular complexity index is 737. The molecule has 23 heavy (non-hydrogen) atoms. The van der Waals surface area contributed by atoms with Gasteiger partial charge in [-0.2, -0.15) is 0 Å². The van der Waals surface area contributed by atoms with Crippen molar-refractivity contribution in [1.82, 2.24) is 4.90 Å². The molecule has 0 aliphatic carbocycles. The maximum Gasteiger partial charge on any atom is 0.336 e. The number of rotatable bonds is 4. The van der Waals surface area contributed by atoms with Gasteiger partial charge in [-0.1, -0.05) is 25.5 Å². The summed E-state index contributed by atoms with van der Waals surface area (Å²) in [5.74, 6) is 0. The van der Waals surface area contributed by atoms with Crippen LogP contribution in [-0.4, -0.2) is 28.7 Å². The van der Waals surface area contributed by atoms with Crippen LogP contribution in [0.4, 0.5) is 0 Å². The summed E-state index contributed by atoms with van der Waals surface area (Å²) >= 11 is 0. The molecule has 1 aromatic carbocycles. The lowest BCUT2D eigenvalue weighted by atomic mass is 9.95. The van der Waals surface area contributed by atoms with E-state index in [0.717, 1.165) is 42.2 Å². The van der Waals surface area contributed by atoms with Crippen molar-refractivity contribution in [2.75, 3.05) is 6.61 Å². The molecule has 1 N–H and O–H groups in total. The zero-order chi connectivity index (χ0) is 16.4. The normalized spacial score (nSPS) is 22.6. The number of aliphatic hydroxyl groups excluding tert-OH is 1. The van der Waals surface area contributed by atoms with Gasteiger partial charge >= 0.3 is 5.63 Å². The predicted molar refractivity (Wildman–Crippen MR) is 91.6 cm³/mol. The summed E-state index contributed by atoms with van der Waals surface area (Å²) in [7, 11) is 0. The second kappa shape index (κ2) is 6.85. The van der Waals surface area contributed by atoms with Gasteiger partial charge in [-0.25, -0.2) is 4.79 Å². The minimum atomic E-state index is -0.300. The van der Waals surface area contributed by atoms with Crippen LogP contribution < -0.4 is 5.63 Å². The quantitative estimate of drug-likeness (QED) is 0.881. The van der Waals surface area contributed by atoms with E-state index in [1.54, 1.807) is 6.07 Å². The highest BCUT2D eigenvalue weighted by Crippen LogP contribution is 2.27. The highest BCUT2D eigenvalue weighted by molar-refractivity contribution is 5.80. The molecular weight excluding hydrogens is 290 g/mol. The molecule has 1 aliphatic rings. The van der Waals surface area contributed by atoms with Crippen molar-refractivity contribution in [3.63, 3.8) is 0 Å². The second-order valence-electron chi connectivity index (χ2n) is 6.56. The topological polar surface area (TPSA) is 53.7 Å². The Hall–Kier alpha value is -1.65. The molecule has 1 fully saturated rings. The Morgan fingerprint density at radius 2 is 2.13 bits per heavy atom. The van der Waals surface area contributed by atoms with Crippen LogP contribution in [-0.2, 0) is 13.0 Å². The Morgan fingerprint density at radius 3 is 2.87 bits per heavy atom. The first-order valence-electron chi connectivity index (χ1n) is 8.54. The molecule has 4 heteroatoms. The molecule has 0 radical (unpaired) electrons. The Morgan fingerprint density at radius 1 is 1.30 bits per heavy atom. The van der Waals surface area contributed by atoms with Crippen molar-refractivity contribution in [3.8, 4) is 0 Å². The Balaban J connectivity index is 2.00. The monoisotopic (exact) mass is 315 g/mol. The third-order valence-corrected chi connectivity index (χ3v) is 5.06. The number of likely N-dealkylation sites (tertiary alicyclic amines) is 1. The average molecular weight is 315 g/mol. The summed E-state index contributed by atoms with van der Waals surface area (Å²) in [6.45, 7) is 5.14. The van der Waals surface area contributed by atoms with Gasteiger partial charge in [0.1, 0.15) is 5.58 Å². The minimum Gasteiger partial charge on any atom is -0.423 e. The molecular formula is C19H25NO3. The van der Waals surface area contributed by atoms with Crippen LogP contribution in [0.25, 0.3) is 11.0 Å². The second-order valence-corrected chi connectivity index (χ2v) is 6.56. The van der Waals surface area contributed by atoms with Crippen molar-refractivity contribution in [2.24, 2.45) is 0 Å².